The van der Waals surface area contributed by atoms with Gasteiger partial charge in [0.1, 0.15) is 11.6 Å². The van der Waals surface area contributed by atoms with Crippen LogP contribution in [0.5, 0.6) is 0 Å². The van der Waals surface area contributed by atoms with Crippen molar-refractivity contribution in [1.82, 2.24) is 0 Å². The average molecular weight is 310 g/mol. The Hall–Kier alpha value is -0.720. The summed E-state index contributed by atoms with van der Waals surface area (Å²) >= 11 is 3.05. The predicted molar refractivity (Wildman–Crippen MR) is 65.0 cm³/mol. The summed E-state index contributed by atoms with van der Waals surface area (Å²) in [5, 5.41) is 12.2. The zero-order valence-electron chi connectivity index (χ0n) is 9.34. The minimum absolute atomic E-state index is 0.126. The molecule has 0 radical (unpaired) electrons. The number of benzene rings is 1. The molecule has 0 aliphatic heterocycles. The van der Waals surface area contributed by atoms with E-state index < -0.39 is 17.7 Å². The van der Waals surface area contributed by atoms with Gasteiger partial charge in [-0.05, 0) is 28.9 Å². The second-order valence-electron chi connectivity index (χ2n) is 3.44. The lowest BCUT2D eigenvalue weighted by Crippen LogP contribution is -2.25. The third-order valence-electron chi connectivity index (χ3n) is 2.04. The molecule has 2 N–H and O–H groups in total. The summed E-state index contributed by atoms with van der Waals surface area (Å²) in [6.45, 7) is 2.62. The molecule has 0 saturated heterocycles. The molecule has 0 saturated carbocycles. The third kappa shape index (κ3) is 4.57. The van der Waals surface area contributed by atoms with Crippen molar-refractivity contribution in [2.24, 2.45) is 0 Å². The van der Waals surface area contributed by atoms with E-state index in [1.807, 2.05) is 6.92 Å². The molecule has 3 nitrogen and oxygen atoms in total. The number of aliphatic hydroxyl groups is 1. The average Bonchev–Trinajstić information content (AvgIpc) is 2.24. The summed E-state index contributed by atoms with van der Waals surface area (Å²) in [4.78, 5) is 0. The second kappa shape index (κ2) is 6.88. The van der Waals surface area contributed by atoms with Crippen LogP contribution < -0.4 is 5.32 Å². The van der Waals surface area contributed by atoms with Crippen molar-refractivity contribution in [3.8, 4) is 0 Å². The number of aliphatic hydroxyl groups excluding tert-OH is 1. The number of anilines is 1. The highest BCUT2D eigenvalue weighted by atomic mass is 79.9. The van der Waals surface area contributed by atoms with Gasteiger partial charge in [-0.2, -0.15) is 0 Å². The van der Waals surface area contributed by atoms with E-state index in [4.69, 9.17) is 4.74 Å². The van der Waals surface area contributed by atoms with Crippen LogP contribution in [0.4, 0.5) is 14.5 Å². The molecule has 0 aliphatic carbocycles. The number of ether oxygens (including phenoxy) is 1. The normalized spacial score (nSPS) is 12.5. The SMILES string of the molecule is CCOCC(O)CNc1c(F)cc(F)cc1Br. The number of hydrogen-bond donors (Lipinski definition) is 2. The largest absolute Gasteiger partial charge is 0.389 e. The Bertz CT molecular complexity index is 353. The third-order valence-corrected chi connectivity index (χ3v) is 2.66. The molecule has 0 aliphatic rings. The summed E-state index contributed by atoms with van der Waals surface area (Å²) in [5.74, 6) is -1.37. The molecule has 0 amide bonds. The monoisotopic (exact) mass is 309 g/mol. The first-order valence-electron chi connectivity index (χ1n) is 5.18. The van der Waals surface area contributed by atoms with Crippen LogP contribution in [-0.2, 0) is 4.74 Å². The molecule has 96 valence electrons. The zero-order chi connectivity index (χ0) is 12.8. The molecule has 0 heterocycles. The smallest absolute Gasteiger partial charge is 0.150 e. The van der Waals surface area contributed by atoms with Gasteiger partial charge in [0.05, 0.1) is 18.4 Å². The maximum atomic E-state index is 13.4. The van der Waals surface area contributed by atoms with Gasteiger partial charge in [0.25, 0.3) is 0 Å². The molecule has 1 aromatic carbocycles. The number of nitrogens with one attached hydrogen (secondary N) is 1. The van der Waals surface area contributed by atoms with Gasteiger partial charge >= 0.3 is 0 Å². The number of rotatable bonds is 6. The molecule has 1 unspecified atom stereocenters. The first-order valence-corrected chi connectivity index (χ1v) is 5.98. The molecular formula is C11H14BrF2NO2. The van der Waals surface area contributed by atoms with Crippen molar-refractivity contribution in [3.05, 3.63) is 28.2 Å². The number of halogens is 3. The van der Waals surface area contributed by atoms with Gasteiger partial charge in [0, 0.05) is 23.7 Å². The topological polar surface area (TPSA) is 41.5 Å². The first-order chi connectivity index (χ1) is 8.04. The molecule has 0 bridgehead atoms. The van der Waals surface area contributed by atoms with Crippen LogP contribution in [0.3, 0.4) is 0 Å². The molecular weight excluding hydrogens is 296 g/mol. The van der Waals surface area contributed by atoms with E-state index in [9.17, 15) is 13.9 Å². The molecule has 1 rings (SSSR count). The van der Waals surface area contributed by atoms with Crippen molar-refractivity contribution in [2.45, 2.75) is 13.0 Å². The van der Waals surface area contributed by atoms with Crippen molar-refractivity contribution >= 4 is 21.6 Å². The van der Waals surface area contributed by atoms with Gasteiger partial charge in [-0.15, -0.1) is 0 Å². The van der Waals surface area contributed by atoms with Crippen LogP contribution in [0.15, 0.2) is 16.6 Å². The maximum absolute atomic E-state index is 13.4. The van der Waals surface area contributed by atoms with Crippen LogP contribution in [0.2, 0.25) is 0 Å². The van der Waals surface area contributed by atoms with Crippen molar-refractivity contribution < 1.29 is 18.6 Å². The van der Waals surface area contributed by atoms with Gasteiger partial charge in [-0.3, -0.25) is 0 Å². The van der Waals surface area contributed by atoms with Gasteiger partial charge in [0.15, 0.2) is 0 Å². The molecule has 1 aromatic rings. The Balaban J connectivity index is 2.57. The van der Waals surface area contributed by atoms with Gasteiger partial charge < -0.3 is 15.2 Å². The van der Waals surface area contributed by atoms with Crippen LogP contribution in [0, 0.1) is 11.6 Å². The Kier molecular flexibility index (Phi) is 5.80. The lowest BCUT2D eigenvalue weighted by atomic mass is 10.2. The lowest BCUT2D eigenvalue weighted by Gasteiger charge is -2.14. The van der Waals surface area contributed by atoms with E-state index in [2.05, 4.69) is 21.2 Å². The minimum atomic E-state index is -0.744. The fourth-order valence-electron chi connectivity index (χ4n) is 1.24. The lowest BCUT2D eigenvalue weighted by molar-refractivity contribution is 0.0495. The van der Waals surface area contributed by atoms with E-state index in [0.717, 1.165) is 12.1 Å². The standard InChI is InChI=1S/C11H14BrF2NO2/c1-2-17-6-8(16)5-15-11-9(12)3-7(13)4-10(11)14/h3-4,8,15-16H,2,5-6H2,1H3. The van der Waals surface area contributed by atoms with E-state index in [1.165, 1.54) is 0 Å². The van der Waals surface area contributed by atoms with Crippen LogP contribution >= 0.6 is 15.9 Å². The summed E-state index contributed by atoms with van der Waals surface area (Å²) in [5.41, 5.74) is 0.127. The van der Waals surface area contributed by atoms with Crippen LogP contribution in [0.1, 0.15) is 6.92 Å². The van der Waals surface area contributed by atoms with Crippen molar-refractivity contribution in [2.75, 3.05) is 25.1 Å². The Morgan fingerprint density at radius 2 is 2.18 bits per heavy atom. The first kappa shape index (κ1) is 14.3. The second-order valence-corrected chi connectivity index (χ2v) is 4.29. The Morgan fingerprint density at radius 3 is 2.76 bits per heavy atom. The minimum Gasteiger partial charge on any atom is -0.389 e. The van der Waals surface area contributed by atoms with Gasteiger partial charge in [-0.25, -0.2) is 8.78 Å². The van der Waals surface area contributed by atoms with E-state index in [1.54, 1.807) is 0 Å². The van der Waals surface area contributed by atoms with Gasteiger partial charge in [0.2, 0.25) is 0 Å². The van der Waals surface area contributed by atoms with E-state index >= 15 is 0 Å². The predicted octanol–water partition coefficient (Wildman–Crippen LogP) is 2.54. The van der Waals surface area contributed by atoms with Crippen LogP contribution in [0.25, 0.3) is 0 Å². The van der Waals surface area contributed by atoms with Crippen molar-refractivity contribution in [1.29, 1.82) is 0 Å². The van der Waals surface area contributed by atoms with Crippen molar-refractivity contribution in [3.63, 3.8) is 0 Å². The molecule has 0 fully saturated rings. The van der Waals surface area contributed by atoms with Gasteiger partial charge in [-0.1, -0.05) is 0 Å². The quantitative estimate of drug-likeness (QED) is 0.848. The fraction of sp³-hybridized carbons (Fsp3) is 0.455. The Labute approximate surface area is 107 Å². The molecule has 0 spiro atoms. The fourth-order valence-corrected chi connectivity index (χ4v) is 1.79. The summed E-state index contributed by atoms with van der Waals surface area (Å²) in [7, 11) is 0. The maximum Gasteiger partial charge on any atom is 0.150 e. The highest BCUT2D eigenvalue weighted by molar-refractivity contribution is 9.10. The Morgan fingerprint density at radius 1 is 1.47 bits per heavy atom. The molecule has 1 atom stereocenters. The summed E-state index contributed by atoms with van der Waals surface area (Å²) in [6.07, 6.45) is -0.744. The zero-order valence-corrected chi connectivity index (χ0v) is 10.9. The summed E-state index contributed by atoms with van der Waals surface area (Å²) in [6, 6.07) is 1.93. The highest BCUT2D eigenvalue weighted by Gasteiger charge is 2.11. The van der Waals surface area contributed by atoms with Crippen LogP contribution in [-0.4, -0.2) is 31.0 Å². The molecule has 6 heteroatoms. The molecule has 17 heavy (non-hydrogen) atoms. The van der Waals surface area contributed by atoms with E-state index in [-0.39, 0.29) is 23.3 Å². The number of hydrogen-bond acceptors (Lipinski definition) is 3. The van der Waals surface area contributed by atoms with E-state index in [0.29, 0.717) is 6.61 Å². The molecule has 0 aromatic heterocycles. The highest BCUT2D eigenvalue weighted by Crippen LogP contribution is 2.26. The summed E-state index contributed by atoms with van der Waals surface area (Å²) < 4.78 is 31.5.